The number of methoxy groups -OCH3 is 1. The summed E-state index contributed by atoms with van der Waals surface area (Å²) in [5.41, 5.74) is -1.95. The number of likely N-dealkylation sites (N-methyl/N-ethyl adjacent to an activating group) is 1. The van der Waals surface area contributed by atoms with Crippen molar-refractivity contribution in [3.63, 3.8) is 0 Å². The van der Waals surface area contributed by atoms with Crippen molar-refractivity contribution < 1.29 is 14.3 Å². The Morgan fingerprint density at radius 2 is 2.21 bits per heavy atom. The van der Waals surface area contributed by atoms with Crippen molar-refractivity contribution in [3.8, 4) is 0 Å². The van der Waals surface area contributed by atoms with Crippen molar-refractivity contribution >= 4 is 12.1 Å². The molecule has 1 aliphatic rings. The van der Waals surface area contributed by atoms with E-state index in [0.717, 1.165) is 4.74 Å². The van der Waals surface area contributed by atoms with E-state index in [1.807, 2.05) is 0 Å². The van der Waals surface area contributed by atoms with Crippen molar-refractivity contribution in [1.29, 1.82) is 0 Å². The van der Waals surface area contributed by atoms with Gasteiger partial charge in [-0.3, -0.25) is 4.79 Å². The van der Waals surface area contributed by atoms with Crippen molar-refractivity contribution in [2.75, 3.05) is 14.2 Å². The molecule has 1 rings (SSSR count). The molecule has 80 valence electrons. The smallest absolute Gasteiger partial charge is 0.259 e. The maximum atomic E-state index is 11.7. The summed E-state index contributed by atoms with van der Waals surface area (Å²) in [6.07, 6.45) is 1.75. The summed E-state index contributed by atoms with van der Waals surface area (Å²) < 4.78 is 6.04. The first-order chi connectivity index (χ1) is 6.42. The van der Waals surface area contributed by atoms with Crippen LogP contribution in [0.25, 0.3) is 0 Å². The average molecular weight is 200 g/mol. The quantitative estimate of drug-likeness (QED) is 0.499. The normalized spacial score (nSPS) is 29.9. The lowest BCUT2D eigenvalue weighted by molar-refractivity contribution is -0.545. The number of ether oxygens (including phenoxy) is 1. The lowest BCUT2D eigenvalue weighted by atomic mass is 9.82. The van der Waals surface area contributed by atoms with Gasteiger partial charge in [-0.1, -0.05) is 0 Å². The molecule has 1 aliphatic heterocycles. The van der Waals surface area contributed by atoms with Gasteiger partial charge in [-0.15, -0.1) is 0 Å². The van der Waals surface area contributed by atoms with E-state index in [-0.39, 0.29) is 5.91 Å². The highest BCUT2D eigenvalue weighted by Crippen LogP contribution is 2.35. The molecule has 0 aliphatic carbocycles. The molecule has 1 heterocycles. The van der Waals surface area contributed by atoms with Crippen molar-refractivity contribution in [1.82, 2.24) is 5.32 Å². The van der Waals surface area contributed by atoms with Gasteiger partial charge in [0.2, 0.25) is 11.1 Å². The Morgan fingerprint density at radius 3 is 2.50 bits per heavy atom. The molecular weight excluding hydrogens is 184 g/mol. The molecule has 0 aromatic rings. The fraction of sp³-hybridized carbons (Fsp3) is 0.778. The zero-order valence-corrected chi connectivity index (χ0v) is 8.96. The van der Waals surface area contributed by atoms with E-state index in [1.54, 1.807) is 13.8 Å². The number of amides is 1. The molecule has 0 fully saturated rings. The van der Waals surface area contributed by atoms with E-state index in [9.17, 15) is 10.0 Å². The van der Waals surface area contributed by atoms with Crippen LogP contribution in [0.1, 0.15) is 20.3 Å². The SMILES string of the molecule is CNC(=O)C1(OC)CC=[N+]([O-])C1(C)C. The molecule has 1 atom stereocenters. The first-order valence-electron chi connectivity index (χ1n) is 4.49. The van der Waals surface area contributed by atoms with Gasteiger partial charge in [0.05, 0.1) is 6.42 Å². The van der Waals surface area contributed by atoms with Crippen LogP contribution < -0.4 is 5.32 Å². The topological polar surface area (TPSA) is 64.4 Å². The summed E-state index contributed by atoms with van der Waals surface area (Å²) in [6.45, 7) is 3.39. The van der Waals surface area contributed by atoms with Crippen LogP contribution in [0.15, 0.2) is 0 Å². The predicted octanol–water partition coefficient (Wildman–Crippen LogP) is -0.119. The lowest BCUT2D eigenvalue weighted by Crippen LogP contribution is -2.60. The maximum Gasteiger partial charge on any atom is 0.259 e. The molecular formula is C9H16N2O3. The Labute approximate surface area is 83.3 Å². The predicted molar refractivity (Wildman–Crippen MR) is 52.2 cm³/mol. The number of rotatable bonds is 2. The summed E-state index contributed by atoms with van der Waals surface area (Å²) in [4.78, 5) is 11.7. The van der Waals surface area contributed by atoms with Crippen LogP contribution in [0.2, 0.25) is 0 Å². The first kappa shape index (κ1) is 11.0. The standard InChI is InChI=1S/C9H16N2O3/c1-8(2)9(14-4,7(12)10-3)5-6-11(8)13/h6H,5H2,1-4H3,(H,10,12). The van der Waals surface area contributed by atoms with Crippen LogP contribution in [0.4, 0.5) is 0 Å². The Hall–Kier alpha value is -1.10. The van der Waals surface area contributed by atoms with E-state index in [0.29, 0.717) is 6.42 Å². The molecule has 0 bridgehead atoms. The van der Waals surface area contributed by atoms with Crippen LogP contribution >= 0.6 is 0 Å². The minimum Gasteiger partial charge on any atom is -0.624 e. The van der Waals surface area contributed by atoms with Crippen molar-refractivity contribution in [3.05, 3.63) is 5.21 Å². The van der Waals surface area contributed by atoms with Gasteiger partial charge in [0.1, 0.15) is 0 Å². The molecule has 0 aromatic heterocycles. The second-order valence-electron chi connectivity index (χ2n) is 3.88. The minimum atomic E-state index is -1.08. The van der Waals surface area contributed by atoms with Crippen molar-refractivity contribution in [2.24, 2.45) is 0 Å². The second kappa shape index (κ2) is 3.24. The highest BCUT2D eigenvalue weighted by Gasteiger charge is 2.61. The minimum absolute atomic E-state index is 0.264. The fourth-order valence-corrected chi connectivity index (χ4v) is 1.87. The van der Waals surface area contributed by atoms with E-state index in [1.165, 1.54) is 20.4 Å². The second-order valence-corrected chi connectivity index (χ2v) is 3.88. The Morgan fingerprint density at radius 1 is 1.64 bits per heavy atom. The van der Waals surface area contributed by atoms with Gasteiger partial charge in [-0.2, -0.15) is 0 Å². The van der Waals surface area contributed by atoms with Gasteiger partial charge < -0.3 is 15.3 Å². The summed E-state index contributed by atoms with van der Waals surface area (Å²) >= 11 is 0. The van der Waals surface area contributed by atoms with Gasteiger partial charge in [-0.25, -0.2) is 4.74 Å². The first-order valence-corrected chi connectivity index (χ1v) is 4.49. The largest absolute Gasteiger partial charge is 0.624 e. The van der Waals surface area contributed by atoms with Gasteiger partial charge in [0.15, 0.2) is 6.21 Å². The third-order valence-electron chi connectivity index (χ3n) is 3.03. The molecule has 1 N–H and O–H groups in total. The van der Waals surface area contributed by atoms with Crippen LogP contribution in [-0.2, 0) is 9.53 Å². The maximum absolute atomic E-state index is 11.7. The number of carbonyl (C=O) groups excluding carboxylic acids is 1. The van der Waals surface area contributed by atoms with Crippen LogP contribution in [0.5, 0.6) is 0 Å². The molecule has 0 saturated heterocycles. The monoisotopic (exact) mass is 200 g/mol. The Balaban J connectivity index is 3.11. The molecule has 1 amide bonds. The fourth-order valence-electron chi connectivity index (χ4n) is 1.87. The average Bonchev–Trinajstić information content (AvgIpc) is 2.39. The molecule has 0 aromatic carbocycles. The summed E-state index contributed by atoms with van der Waals surface area (Å²) in [5.74, 6) is -0.264. The van der Waals surface area contributed by atoms with Gasteiger partial charge in [0.25, 0.3) is 5.91 Å². The van der Waals surface area contributed by atoms with Crippen molar-refractivity contribution in [2.45, 2.75) is 31.4 Å². The number of hydrogen-bond donors (Lipinski definition) is 1. The Kier molecular flexibility index (Phi) is 2.54. The van der Waals surface area contributed by atoms with E-state index in [4.69, 9.17) is 4.74 Å². The summed E-state index contributed by atoms with van der Waals surface area (Å²) in [5, 5.41) is 14.0. The highest BCUT2D eigenvalue weighted by molar-refractivity contribution is 5.90. The number of carbonyl (C=O) groups is 1. The van der Waals surface area contributed by atoms with E-state index >= 15 is 0 Å². The zero-order valence-electron chi connectivity index (χ0n) is 8.96. The van der Waals surface area contributed by atoms with Crippen LogP contribution in [-0.4, -0.2) is 42.2 Å². The van der Waals surface area contributed by atoms with Gasteiger partial charge in [0, 0.05) is 28.0 Å². The molecule has 0 radical (unpaired) electrons. The van der Waals surface area contributed by atoms with E-state index in [2.05, 4.69) is 5.32 Å². The molecule has 0 saturated carbocycles. The van der Waals surface area contributed by atoms with Gasteiger partial charge >= 0.3 is 0 Å². The Bertz CT molecular complexity index is 286. The summed E-state index contributed by atoms with van der Waals surface area (Å²) in [6, 6.07) is 0. The van der Waals surface area contributed by atoms with E-state index < -0.39 is 11.1 Å². The third-order valence-corrected chi connectivity index (χ3v) is 3.03. The third kappa shape index (κ3) is 1.12. The number of hydroxylamine groups is 1. The molecule has 14 heavy (non-hydrogen) atoms. The van der Waals surface area contributed by atoms with Gasteiger partial charge in [-0.05, 0) is 0 Å². The molecule has 5 heteroatoms. The molecule has 5 nitrogen and oxygen atoms in total. The number of nitrogens with zero attached hydrogens (tertiary/aromatic N) is 1. The lowest BCUT2D eigenvalue weighted by Gasteiger charge is -2.35. The summed E-state index contributed by atoms with van der Waals surface area (Å²) in [7, 11) is 2.98. The highest BCUT2D eigenvalue weighted by atomic mass is 16.5. The molecule has 1 unspecified atom stereocenters. The van der Waals surface area contributed by atoms with Crippen LogP contribution in [0.3, 0.4) is 0 Å². The van der Waals surface area contributed by atoms with Crippen LogP contribution in [0, 0.1) is 5.21 Å². The number of nitrogens with one attached hydrogen (secondary N) is 1. The number of hydrogen-bond acceptors (Lipinski definition) is 3. The zero-order chi connectivity index (χ0) is 11.0. The molecule has 0 spiro atoms.